The second kappa shape index (κ2) is 8.31. The third kappa shape index (κ3) is 3.93. The molecule has 160 valence electrons. The van der Waals surface area contributed by atoms with Crippen LogP contribution in [0.25, 0.3) is 0 Å². The van der Waals surface area contributed by atoms with Gasteiger partial charge in [-0.25, -0.2) is 4.57 Å². The minimum absolute atomic E-state index is 0.0409. The van der Waals surface area contributed by atoms with Crippen molar-refractivity contribution in [1.29, 1.82) is 0 Å². The maximum atomic E-state index is 12.8. The Labute approximate surface area is 172 Å². The summed E-state index contributed by atoms with van der Waals surface area (Å²) in [5, 5.41) is 0. The number of phosphoric ester groups is 1. The quantitative estimate of drug-likeness (QED) is 0.655. The molecule has 0 N–H and O–H groups in total. The van der Waals surface area contributed by atoms with Gasteiger partial charge in [-0.3, -0.25) is 9.05 Å². The molecule has 0 aromatic heterocycles. The summed E-state index contributed by atoms with van der Waals surface area (Å²) in [5.41, 5.74) is 1.19. The van der Waals surface area contributed by atoms with Gasteiger partial charge in [0.2, 0.25) is 0 Å². The molecule has 2 saturated heterocycles. The molecule has 1 aliphatic carbocycles. The topological polar surface area (TPSA) is 66.5 Å². The molecule has 0 bridgehead atoms. The minimum atomic E-state index is -3.52. The van der Waals surface area contributed by atoms with Gasteiger partial charge in [0.15, 0.2) is 11.5 Å². The average molecular weight is 423 g/mol. The van der Waals surface area contributed by atoms with Gasteiger partial charge >= 0.3 is 7.82 Å². The van der Waals surface area contributed by atoms with Gasteiger partial charge in [0.1, 0.15) is 5.76 Å². The third-order valence-electron chi connectivity index (χ3n) is 6.39. The van der Waals surface area contributed by atoms with E-state index in [1.807, 2.05) is 6.07 Å². The SMILES string of the molecule is COc1ccc([C@@]23CC=C(OP4(=O)OCCCCO4)C[C@@H]2N(C)CC3)cc1OC. The van der Waals surface area contributed by atoms with E-state index in [0.717, 1.165) is 43.7 Å². The van der Waals surface area contributed by atoms with Crippen LogP contribution in [0.2, 0.25) is 0 Å². The molecule has 7 nitrogen and oxygen atoms in total. The van der Waals surface area contributed by atoms with E-state index in [2.05, 4.69) is 30.2 Å². The number of ether oxygens (including phenoxy) is 2. The van der Waals surface area contributed by atoms with Gasteiger partial charge < -0.3 is 18.9 Å². The molecule has 1 aromatic rings. The summed E-state index contributed by atoms with van der Waals surface area (Å²) in [6.45, 7) is 1.80. The number of likely N-dealkylation sites (tertiary alicyclic amines) is 1. The van der Waals surface area contributed by atoms with E-state index >= 15 is 0 Å². The fraction of sp³-hybridized carbons (Fsp3) is 0.619. The Hall–Kier alpha value is -1.53. The Bertz CT molecular complexity index is 815. The van der Waals surface area contributed by atoms with Crippen molar-refractivity contribution in [3.8, 4) is 11.5 Å². The number of benzene rings is 1. The van der Waals surface area contributed by atoms with Crippen molar-refractivity contribution < 1.29 is 27.6 Å². The van der Waals surface area contributed by atoms with E-state index in [1.54, 1.807) is 14.2 Å². The van der Waals surface area contributed by atoms with Gasteiger partial charge in [-0.15, -0.1) is 0 Å². The molecular formula is C21H30NO6P. The van der Waals surface area contributed by atoms with Crippen molar-refractivity contribution in [2.24, 2.45) is 0 Å². The van der Waals surface area contributed by atoms with Crippen LogP contribution in [-0.2, 0) is 23.6 Å². The highest BCUT2D eigenvalue weighted by Crippen LogP contribution is 2.56. The zero-order valence-corrected chi connectivity index (χ0v) is 18.3. The predicted molar refractivity (Wildman–Crippen MR) is 109 cm³/mol. The highest BCUT2D eigenvalue weighted by molar-refractivity contribution is 7.48. The highest BCUT2D eigenvalue weighted by Gasteiger charge is 2.50. The summed E-state index contributed by atoms with van der Waals surface area (Å²) < 4.78 is 40.5. The Morgan fingerprint density at radius 3 is 2.55 bits per heavy atom. The lowest BCUT2D eigenvalue weighted by Gasteiger charge is -2.41. The number of fused-ring (bicyclic) bond motifs is 1. The summed E-state index contributed by atoms with van der Waals surface area (Å²) in [6.07, 6.45) is 6.23. The van der Waals surface area contributed by atoms with E-state index < -0.39 is 7.82 Å². The van der Waals surface area contributed by atoms with Crippen molar-refractivity contribution in [3.63, 3.8) is 0 Å². The summed E-state index contributed by atoms with van der Waals surface area (Å²) >= 11 is 0. The lowest BCUT2D eigenvalue weighted by atomic mass is 9.68. The zero-order chi connectivity index (χ0) is 20.5. The number of allylic oxidation sites excluding steroid dienone is 1. The Morgan fingerprint density at radius 1 is 1.14 bits per heavy atom. The van der Waals surface area contributed by atoms with Crippen molar-refractivity contribution in [2.45, 2.75) is 43.6 Å². The fourth-order valence-corrected chi connectivity index (χ4v) is 6.07. The average Bonchev–Trinajstić information content (AvgIpc) is 2.92. The molecule has 0 spiro atoms. The standard InChI is InChI=1S/C21H30NO6P/c1-22-11-10-21(16-6-7-18(24-2)19(14-16)25-3)9-8-17(15-20(21)22)28-29(23)26-12-4-5-13-27-29/h6-8,14,20H,4-5,9-13,15H2,1-3H3/t20-,21-/m0/s1. The Kier molecular flexibility index (Phi) is 5.94. The van der Waals surface area contributed by atoms with Crippen LogP contribution in [0.3, 0.4) is 0 Å². The molecule has 4 rings (SSSR count). The van der Waals surface area contributed by atoms with Gasteiger partial charge in [-0.05, 0) is 63.0 Å². The first-order valence-corrected chi connectivity index (χ1v) is 11.7. The van der Waals surface area contributed by atoms with Crippen molar-refractivity contribution in [1.82, 2.24) is 4.90 Å². The molecule has 2 aliphatic heterocycles. The Morgan fingerprint density at radius 2 is 1.86 bits per heavy atom. The maximum Gasteiger partial charge on any atom is 0.529 e. The van der Waals surface area contributed by atoms with Gasteiger partial charge in [-0.2, -0.15) is 0 Å². The van der Waals surface area contributed by atoms with Gasteiger partial charge in [0.05, 0.1) is 27.4 Å². The molecule has 2 heterocycles. The Balaban J connectivity index is 1.61. The molecule has 0 unspecified atom stereocenters. The molecule has 0 saturated carbocycles. The minimum Gasteiger partial charge on any atom is -0.493 e. The van der Waals surface area contributed by atoms with E-state index in [1.165, 1.54) is 5.56 Å². The van der Waals surface area contributed by atoms with Crippen molar-refractivity contribution in [3.05, 3.63) is 35.6 Å². The van der Waals surface area contributed by atoms with Gasteiger partial charge in [0.25, 0.3) is 0 Å². The summed E-state index contributed by atoms with van der Waals surface area (Å²) in [5.74, 6) is 2.17. The van der Waals surface area contributed by atoms with Crippen LogP contribution in [0.1, 0.15) is 37.7 Å². The van der Waals surface area contributed by atoms with Crippen LogP contribution in [-0.4, -0.2) is 52.0 Å². The van der Waals surface area contributed by atoms with Crippen LogP contribution in [0, 0.1) is 0 Å². The lowest BCUT2D eigenvalue weighted by Crippen LogP contribution is -2.43. The molecule has 8 heteroatoms. The summed E-state index contributed by atoms with van der Waals surface area (Å²) in [7, 11) is 1.92. The van der Waals surface area contributed by atoms with E-state index in [0.29, 0.717) is 25.4 Å². The molecule has 1 aromatic carbocycles. The van der Waals surface area contributed by atoms with Crippen LogP contribution in [0.15, 0.2) is 30.0 Å². The summed E-state index contributed by atoms with van der Waals surface area (Å²) in [4.78, 5) is 2.36. The molecule has 2 fully saturated rings. The number of hydrogen-bond donors (Lipinski definition) is 0. The third-order valence-corrected chi connectivity index (χ3v) is 7.85. The van der Waals surface area contributed by atoms with Gasteiger partial charge in [0, 0.05) is 17.9 Å². The molecule has 3 aliphatic rings. The van der Waals surface area contributed by atoms with Crippen molar-refractivity contribution >= 4 is 7.82 Å². The first kappa shape index (κ1) is 20.7. The maximum absolute atomic E-state index is 12.8. The number of hydrogen-bond acceptors (Lipinski definition) is 7. The lowest BCUT2D eigenvalue weighted by molar-refractivity contribution is 0.138. The monoisotopic (exact) mass is 423 g/mol. The van der Waals surface area contributed by atoms with E-state index in [-0.39, 0.29) is 11.5 Å². The molecular weight excluding hydrogens is 393 g/mol. The van der Waals surface area contributed by atoms with Crippen LogP contribution < -0.4 is 9.47 Å². The fourth-order valence-electron chi connectivity index (χ4n) is 4.74. The number of methoxy groups -OCH3 is 2. The molecule has 29 heavy (non-hydrogen) atoms. The zero-order valence-electron chi connectivity index (χ0n) is 17.4. The van der Waals surface area contributed by atoms with Crippen LogP contribution in [0.5, 0.6) is 11.5 Å². The number of likely N-dealkylation sites (N-methyl/N-ethyl adjacent to an activating group) is 1. The summed E-state index contributed by atoms with van der Waals surface area (Å²) in [6, 6.07) is 6.43. The largest absolute Gasteiger partial charge is 0.529 e. The van der Waals surface area contributed by atoms with E-state index in [9.17, 15) is 4.57 Å². The number of nitrogens with zero attached hydrogens (tertiary/aromatic N) is 1. The van der Waals surface area contributed by atoms with Crippen LogP contribution >= 0.6 is 7.82 Å². The number of rotatable bonds is 5. The second-order valence-corrected chi connectivity index (χ2v) is 9.56. The normalized spacial score (nSPS) is 29.5. The first-order valence-electron chi connectivity index (χ1n) is 10.2. The smallest absolute Gasteiger partial charge is 0.493 e. The highest BCUT2D eigenvalue weighted by atomic mass is 31.2. The number of phosphoric acid groups is 1. The molecule has 2 atom stereocenters. The van der Waals surface area contributed by atoms with Crippen LogP contribution in [0.4, 0.5) is 0 Å². The molecule has 0 amide bonds. The van der Waals surface area contributed by atoms with Crippen molar-refractivity contribution in [2.75, 3.05) is 41.0 Å². The second-order valence-electron chi connectivity index (χ2n) is 7.96. The van der Waals surface area contributed by atoms with Gasteiger partial charge in [-0.1, -0.05) is 6.07 Å². The molecule has 0 radical (unpaired) electrons. The van der Waals surface area contributed by atoms with E-state index in [4.69, 9.17) is 23.0 Å². The first-order chi connectivity index (χ1) is 14.0. The predicted octanol–water partition coefficient (Wildman–Crippen LogP) is 4.28.